The highest BCUT2D eigenvalue weighted by Crippen LogP contribution is 2.50. The maximum Gasteiger partial charge on any atom is 0.0553 e. The van der Waals surface area contributed by atoms with Gasteiger partial charge in [0.2, 0.25) is 0 Å². The Morgan fingerprint density at radius 2 is 1.52 bits per heavy atom. The minimum Gasteiger partial charge on any atom is -0.378 e. The van der Waals surface area contributed by atoms with E-state index in [1.807, 2.05) is 0 Å². The maximum absolute atomic E-state index is 3.82. The van der Waals surface area contributed by atoms with E-state index in [1.165, 1.54) is 27.9 Å². The third-order valence-corrected chi connectivity index (χ3v) is 5.63. The molecular weight excluding hydrogens is 302 g/mol. The first-order valence-corrected chi connectivity index (χ1v) is 9.08. The standard InChI is InChI=1S/C24H21N/c1-3-8-17(9-4-1)19-14-15-23-22(16-19)20-12-7-13-21(20)24(25-23)18-10-5-2-6-11-18/h1-12,14-16,20-21,24-25H,13H2/t20-,21-,24+/m0/s1. The Labute approximate surface area is 149 Å². The summed E-state index contributed by atoms with van der Waals surface area (Å²) in [6.07, 6.45) is 5.92. The number of allylic oxidation sites excluding steroid dienone is 2. The van der Waals surface area contributed by atoms with Crippen molar-refractivity contribution in [3.8, 4) is 11.1 Å². The van der Waals surface area contributed by atoms with Crippen LogP contribution in [0.5, 0.6) is 0 Å². The summed E-state index contributed by atoms with van der Waals surface area (Å²) in [5.74, 6) is 1.10. The van der Waals surface area contributed by atoms with E-state index >= 15 is 0 Å². The predicted molar refractivity (Wildman–Crippen MR) is 105 cm³/mol. The average molecular weight is 323 g/mol. The van der Waals surface area contributed by atoms with E-state index < -0.39 is 0 Å². The molecule has 1 heteroatoms. The summed E-state index contributed by atoms with van der Waals surface area (Å²) in [4.78, 5) is 0. The molecule has 0 radical (unpaired) electrons. The molecule has 0 unspecified atom stereocenters. The van der Waals surface area contributed by atoms with E-state index in [0.29, 0.717) is 17.9 Å². The summed E-state index contributed by atoms with van der Waals surface area (Å²) in [6, 6.07) is 28.8. The highest BCUT2D eigenvalue weighted by Gasteiger charge is 2.37. The van der Waals surface area contributed by atoms with Crippen LogP contribution in [-0.4, -0.2) is 0 Å². The molecule has 0 spiro atoms. The fourth-order valence-corrected chi connectivity index (χ4v) is 4.39. The molecule has 1 aliphatic carbocycles. The first-order valence-electron chi connectivity index (χ1n) is 9.08. The maximum atomic E-state index is 3.82. The number of hydrogen-bond acceptors (Lipinski definition) is 1. The predicted octanol–water partition coefficient (Wildman–Crippen LogP) is 6.18. The molecule has 0 bridgehead atoms. The lowest BCUT2D eigenvalue weighted by Gasteiger charge is -2.37. The van der Waals surface area contributed by atoms with Crippen LogP contribution < -0.4 is 5.32 Å². The van der Waals surface area contributed by atoms with Gasteiger partial charge in [-0.25, -0.2) is 0 Å². The Bertz CT molecular complexity index is 911. The normalized spacial score (nSPS) is 23.6. The highest BCUT2D eigenvalue weighted by atomic mass is 15.0. The Kier molecular flexibility index (Phi) is 3.45. The zero-order valence-electron chi connectivity index (χ0n) is 14.1. The number of nitrogens with one attached hydrogen (secondary N) is 1. The molecule has 3 atom stereocenters. The number of rotatable bonds is 2. The Morgan fingerprint density at radius 3 is 2.32 bits per heavy atom. The Morgan fingerprint density at radius 1 is 0.760 bits per heavy atom. The van der Waals surface area contributed by atoms with Gasteiger partial charge in [0.15, 0.2) is 0 Å². The summed E-state index contributed by atoms with van der Waals surface area (Å²) < 4.78 is 0. The van der Waals surface area contributed by atoms with Gasteiger partial charge in [0.1, 0.15) is 0 Å². The van der Waals surface area contributed by atoms with Crippen LogP contribution in [0.3, 0.4) is 0 Å². The molecule has 5 rings (SSSR count). The molecule has 1 heterocycles. The molecule has 0 saturated carbocycles. The molecule has 1 aliphatic heterocycles. The molecule has 25 heavy (non-hydrogen) atoms. The fourth-order valence-electron chi connectivity index (χ4n) is 4.39. The second kappa shape index (κ2) is 5.93. The first kappa shape index (κ1) is 14.5. The molecule has 3 aromatic rings. The van der Waals surface area contributed by atoms with Gasteiger partial charge in [-0.1, -0.05) is 78.9 Å². The van der Waals surface area contributed by atoms with Crippen molar-refractivity contribution in [2.24, 2.45) is 5.92 Å². The SMILES string of the molecule is C1=C[C@@H]2c3cc(-c4ccccc4)ccc3N[C@H](c3ccccc3)[C@H]2C1. The van der Waals surface area contributed by atoms with Crippen molar-refractivity contribution in [1.29, 1.82) is 0 Å². The van der Waals surface area contributed by atoms with Crippen molar-refractivity contribution >= 4 is 5.69 Å². The summed E-state index contributed by atoms with van der Waals surface area (Å²) >= 11 is 0. The van der Waals surface area contributed by atoms with Gasteiger partial charge in [-0.3, -0.25) is 0 Å². The van der Waals surface area contributed by atoms with Gasteiger partial charge in [-0.2, -0.15) is 0 Å². The summed E-state index contributed by atoms with van der Waals surface area (Å²) in [5.41, 5.74) is 6.69. The zero-order valence-corrected chi connectivity index (χ0v) is 14.1. The van der Waals surface area contributed by atoms with Gasteiger partial charge in [0, 0.05) is 11.6 Å². The third kappa shape index (κ3) is 2.47. The van der Waals surface area contributed by atoms with Gasteiger partial charge in [0.25, 0.3) is 0 Å². The summed E-state index contributed by atoms with van der Waals surface area (Å²) in [7, 11) is 0. The minimum atomic E-state index is 0.385. The smallest absolute Gasteiger partial charge is 0.0553 e. The highest BCUT2D eigenvalue weighted by molar-refractivity contribution is 5.71. The van der Waals surface area contributed by atoms with Crippen LogP contribution >= 0.6 is 0 Å². The van der Waals surface area contributed by atoms with Gasteiger partial charge >= 0.3 is 0 Å². The zero-order chi connectivity index (χ0) is 16.6. The molecule has 2 aliphatic rings. The van der Waals surface area contributed by atoms with E-state index in [4.69, 9.17) is 0 Å². The van der Waals surface area contributed by atoms with Crippen molar-refractivity contribution in [3.05, 3.63) is 102 Å². The average Bonchev–Trinajstić information content (AvgIpc) is 3.18. The van der Waals surface area contributed by atoms with E-state index in [1.54, 1.807) is 0 Å². The van der Waals surface area contributed by atoms with Gasteiger partial charge < -0.3 is 5.32 Å². The molecule has 0 fully saturated rings. The molecule has 1 nitrogen and oxygen atoms in total. The van der Waals surface area contributed by atoms with E-state index in [0.717, 1.165) is 6.42 Å². The lowest BCUT2D eigenvalue weighted by molar-refractivity contribution is 0.425. The largest absolute Gasteiger partial charge is 0.378 e. The fraction of sp³-hybridized carbons (Fsp3) is 0.167. The molecule has 1 N–H and O–H groups in total. The van der Waals surface area contributed by atoms with E-state index in [-0.39, 0.29) is 0 Å². The van der Waals surface area contributed by atoms with Crippen molar-refractivity contribution in [2.75, 3.05) is 5.32 Å². The van der Waals surface area contributed by atoms with Crippen LogP contribution in [0.2, 0.25) is 0 Å². The molecule has 0 amide bonds. The molecular formula is C24H21N. The van der Waals surface area contributed by atoms with Crippen molar-refractivity contribution in [1.82, 2.24) is 0 Å². The number of fused-ring (bicyclic) bond motifs is 3. The van der Waals surface area contributed by atoms with Crippen molar-refractivity contribution < 1.29 is 0 Å². The number of benzene rings is 3. The van der Waals surface area contributed by atoms with Crippen LogP contribution in [0.4, 0.5) is 5.69 Å². The second-order valence-corrected chi connectivity index (χ2v) is 7.05. The second-order valence-electron chi connectivity index (χ2n) is 7.05. The molecule has 0 saturated heterocycles. The lowest BCUT2D eigenvalue weighted by atomic mass is 9.76. The van der Waals surface area contributed by atoms with Crippen molar-refractivity contribution in [2.45, 2.75) is 18.4 Å². The van der Waals surface area contributed by atoms with E-state index in [9.17, 15) is 0 Å². The van der Waals surface area contributed by atoms with Gasteiger partial charge in [0.05, 0.1) is 6.04 Å². The van der Waals surface area contributed by atoms with Crippen LogP contribution in [0.15, 0.2) is 91.0 Å². The summed E-state index contributed by atoms with van der Waals surface area (Å²) in [5, 5.41) is 3.82. The third-order valence-electron chi connectivity index (χ3n) is 5.63. The monoisotopic (exact) mass is 323 g/mol. The molecule has 122 valence electrons. The van der Waals surface area contributed by atoms with Crippen LogP contribution in [0, 0.1) is 5.92 Å². The molecule has 3 aromatic carbocycles. The van der Waals surface area contributed by atoms with E-state index in [2.05, 4.69) is 96.3 Å². The number of hydrogen-bond donors (Lipinski definition) is 1. The minimum absolute atomic E-state index is 0.385. The first-order chi connectivity index (χ1) is 12.4. The Hall–Kier alpha value is -2.80. The summed E-state index contributed by atoms with van der Waals surface area (Å²) in [6.45, 7) is 0. The quantitative estimate of drug-likeness (QED) is 0.555. The lowest BCUT2D eigenvalue weighted by Crippen LogP contribution is -2.29. The van der Waals surface area contributed by atoms with Crippen molar-refractivity contribution in [3.63, 3.8) is 0 Å². The van der Waals surface area contributed by atoms with Crippen LogP contribution in [0.1, 0.15) is 29.5 Å². The van der Waals surface area contributed by atoms with Gasteiger partial charge in [-0.05, 0) is 46.7 Å². The Balaban J connectivity index is 1.58. The topological polar surface area (TPSA) is 12.0 Å². The molecule has 0 aromatic heterocycles. The number of anilines is 1. The van der Waals surface area contributed by atoms with Crippen LogP contribution in [-0.2, 0) is 0 Å². The van der Waals surface area contributed by atoms with Gasteiger partial charge in [-0.15, -0.1) is 0 Å². The van der Waals surface area contributed by atoms with Crippen LogP contribution in [0.25, 0.3) is 11.1 Å².